The summed E-state index contributed by atoms with van der Waals surface area (Å²) in [6, 6.07) is 0. The second-order valence-electron chi connectivity index (χ2n) is 4.96. The van der Waals surface area contributed by atoms with Gasteiger partial charge < -0.3 is 5.32 Å². The maximum absolute atomic E-state index is 12.3. The van der Waals surface area contributed by atoms with E-state index >= 15 is 0 Å². The first-order valence-corrected chi connectivity index (χ1v) is 7.93. The van der Waals surface area contributed by atoms with Gasteiger partial charge in [0.2, 0.25) is 11.1 Å². The van der Waals surface area contributed by atoms with Crippen LogP contribution in [-0.2, 0) is 11.3 Å². The molecule has 2 rings (SSSR count). The average molecular weight is 280 g/mol. The van der Waals surface area contributed by atoms with E-state index in [0.29, 0.717) is 17.4 Å². The van der Waals surface area contributed by atoms with E-state index in [0.717, 1.165) is 32.1 Å². The minimum Gasteiger partial charge on any atom is -0.350 e. The highest BCUT2D eigenvalue weighted by atomic mass is 32.2. The molecule has 5 nitrogen and oxygen atoms in total. The molecule has 1 saturated carbocycles. The molecule has 19 heavy (non-hydrogen) atoms. The summed E-state index contributed by atoms with van der Waals surface area (Å²) in [7, 11) is 0. The summed E-state index contributed by atoms with van der Waals surface area (Å²) in [6.45, 7) is 2.51. The fourth-order valence-corrected chi connectivity index (χ4v) is 2.89. The van der Waals surface area contributed by atoms with E-state index < -0.39 is 0 Å². The molecule has 1 heterocycles. The number of hydrogen-bond donors (Lipinski definition) is 1. The van der Waals surface area contributed by atoms with E-state index in [-0.39, 0.29) is 11.3 Å². The first kappa shape index (κ1) is 14.2. The first-order valence-electron chi connectivity index (χ1n) is 6.71. The molecule has 0 aromatic carbocycles. The highest BCUT2D eigenvalue weighted by Crippen LogP contribution is 2.41. The van der Waals surface area contributed by atoms with Crippen LogP contribution < -0.4 is 5.32 Å². The van der Waals surface area contributed by atoms with Gasteiger partial charge in [0, 0.05) is 5.41 Å². The summed E-state index contributed by atoms with van der Waals surface area (Å²) in [4.78, 5) is 16.5. The van der Waals surface area contributed by atoms with Gasteiger partial charge in [-0.3, -0.25) is 4.79 Å². The number of thioether (sulfide) groups is 1. The van der Waals surface area contributed by atoms with Gasteiger partial charge in [0.15, 0.2) is 0 Å². The Kier molecular flexibility index (Phi) is 4.74. The molecule has 1 aliphatic carbocycles. The number of carbonyl (C=O) groups excluding carboxylic acids is 1. The SMILES string of the molecule is CCC1(C(=O)NCc2cnc(SC)nn2)CCCC1. The maximum atomic E-state index is 12.3. The van der Waals surface area contributed by atoms with Crippen molar-refractivity contribution in [1.82, 2.24) is 20.5 Å². The van der Waals surface area contributed by atoms with Crippen LogP contribution in [0.2, 0.25) is 0 Å². The summed E-state index contributed by atoms with van der Waals surface area (Å²) in [5.74, 6) is 0.156. The lowest BCUT2D eigenvalue weighted by atomic mass is 9.82. The second kappa shape index (κ2) is 6.32. The molecular weight excluding hydrogens is 260 g/mol. The molecule has 0 saturated heterocycles. The predicted molar refractivity (Wildman–Crippen MR) is 74.6 cm³/mol. The lowest BCUT2D eigenvalue weighted by Gasteiger charge is -2.25. The van der Waals surface area contributed by atoms with Crippen LogP contribution in [0.3, 0.4) is 0 Å². The fraction of sp³-hybridized carbons (Fsp3) is 0.692. The molecule has 0 aliphatic heterocycles. The molecule has 1 N–H and O–H groups in total. The standard InChI is InChI=1S/C13H20N4OS/c1-3-13(6-4-5-7-13)11(18)14-8-10-9-15-12(19-2)17-16-10/h9H,3-8H2,1-2H3,(H,14,18). The predicted octanol–water partition coefficient (Wildman–Crippen LogP) is 2.18. The third kappa shape index (κ3) is 3.23. The number of hydrogen-bond acceptors (Lipinski definition) is 5. The van der Waals surface area contributed by atoms with Crippen molar-refractivity contribution >= 4 is 17.7 Å². The molecule has 104 valence electrons. The molecule has 1 amide bonds. The van der Waals surface area contributed by atoms with Gasteiger partial charge in [-0.1, -0.05) is 31.5 Å². The highest BCUT2D eigenvalue weighted by molar-refractivity contribution is 7.98. The third-order valence-corrected chi connectivity index (χ3v) is 4.47. The van der Waals surface area contributed by atoms with Crippen molar-refractivity contribution in [3.63, 3.8) is 0 Å². The van der Waals surface area contributed by atoms with Crippen LogP contribution in [-0.4, -0.2) is 27.3 Å². The van der Waals surface area contributed by atoms with E-state index in [4.69, 9.17) is 0 Å². The summed E-state index contributed by atoms with van der Waals surface area (Å²) < 4.78 is 0. The largest absolute Gasteiger partial charge is 0.350 e. The molecule has 0 bridgehead atoms. The monoisotopic (exact) mass is 280 g/mol. The molecule has 0 radical (unpaired) electrons. The summed E-state index contributed by atoms with van der Waals surface area (Å²) in [6.07, 6.45) is 8.82. The average Bonchev–Trinajstić information content (AvgIpc) is 2.95. The molecule has 0 unspecified atom stereocenters. The van der Waals surface area contributed by atoms with Gasteiger partial charge in [0.25, 0.3) is 0 Å². The lowest BCUT2D eigenvalue weighted by molar-refractivity contribution is -0.131. The number of aromatic nitrogens is 3. The quantitative estimate of drug-likeness (QED) is 0.837. The van der Waals surface area contributed by atoms with Gasteiger partial charge in [-0.2, -0.15) is 0 Å². The van der Waals surface area contributed by atoms with Crippen LogP contribution in [0.15, 0.2) is 11.4 Å². The van der Waals surface area contributed by atoms with E-state index in [1.165, 1.54) is 11.8 Å². The number of carbonyl (C=O) groups is 1. The Morgan fingerprint density at radius 1 is 1.42 bits per heavy atom. The van der Waals surface area contributed by atoms with Crippen molar-refractivity contribution in [3.05, 3.63) is 11.9 Å². The van der Waals surface area contributed by atoms with Crippen molar-refractivity contribution in [2.24, 2.45) is 5.41 Å². The minimum absolute atomic E-state index is 0.153. The Bertz CT molecular complexity index is 429. The van der Waals surface area contributed by atoms with Crippen LogP contribution in [0.4, 0.5) is 0 Å². The van der Waals surface area contributed by atoms with Gasteiger partial charge in [-0.15, -0.1) is 10.2 Å². The zero-order chi connectivity index (χ0) is 13.7. The second-order valence-corrected chi connectivity index (χ2v) is 5.73. The Hall–Kier alpha value is -1.17. The van der Waals surface area contributed by atoms with Crippen molar-refractivity contribution in [2.45, 2.75) is 50.7 Å². The number of rotatable bonds is 5. The van der Waals surface area contributed by atoms with E-state index in [2.05, 4.69) is 27.4 Å². The van der Waals surface area contributed by atoms with E-state index in [1.54, 1.807) is 6.20 Å². The molecule has 1 aliphatic rings. The van der Waals surface area contributed by atoms with Gasteiger partial charge >= 0.3 is 0 Å². The Morgan fingerprint density at radius 2 is 2.16 bits per heavy atom. The van der Waals surface area contributed by atoms with Crippen LogP contribution >= 0.6 is 11.8 Å². The maximum Gasteiger partial charge on any atom is 0.226 e. The number of nitrogens with one attached hydrogen (secondary N) is 1. The lowest BCUT2D eigenvalue weighted by Crippen LogP contribution is -2.38. The Labute approximate surface area is 118 Å². The Morgan fingerprint density at radius 3 is 2.68 bits per heavy atom. The molecule has 6 heteroatoms. The topological polar surface area (TPSA) is 67.8 Å². The zero-order valence-electron chi connectivity index (χ0n) is 11.5. The van der Waals surface area contributed by atoms with E-state index in [9.17, 15) is 4.79 Å². The minimum atomic E-state index is -0.153. The van der Waals surface area contributed by atoms with Gasteiger partial charge in [-0.05, 0) is 25.5 Å². The third-order valence-electron chi connectivity index (χ3n) is 3.92. The summed E-state index contributed by atoms with van der Waals surface area (Å²) in [5, 5.41) is 11.6. The smallest absolute Gasteiger partial charge is 0.226 e. The fourth-order valence-electron chi connectivity index (χ4n) is 2.61. The van der Waals surface area contributed by atoms with Crippen LogP contribution in [0, 0.1) is 5.41 Å². The Balaban J connectivity index is 1.92. The van der Waals surface area contributed by atoms with Gasteiger partial charge in [-0.25, -0.2) is 4.98 Å². The van der Waals surface area contributed by atoms with E-state index in [1.807, 2.05) is 6.26 Å². The molecule has 0 atom stereocenters. The van der Waals surface area contributed by atoms with Crippen molar-refractivity contribution in [3.8, 4) is 0 Å². The number of amides is 1. The van der Waals surface area contributed by atoms with Crippen molar-refractivity contribution in [2.75, 3.05) is 6.26 Å². The first-order chi connectivity index (χ1) is 9.20. The molecular formula is C13H20N4OS. The van der Waals surface area contributed by atoms with Crippen molar-refractivity contribution in [1.29, 1.82) is 0 Å². The van der Waals surface area contributed by atoms with Gasteiger partial charge in [0.05, 0.1) is 12.7 Å². The van der Waals surface area contributed by atoms with Crippen LogP contribution in [0.5, 0.6) is 0 Å². The number of nitrogens with zero attached hydrogens (tertiary/aromatic N) is 3. The normalized spacial score (nSPS) is 17.4. The summed E-state index contributed by atoms with van der Waals surface area (Å²) >= 11 is 1.45. The zero-order valence-corrected chi connectivity index (χ0v) is 12.3. The summed E-state index contributed by atoms with van der Waals surface area (Å²) in [5.41, 5.74) is 0.551. The molecule has 1 aromatic rings. The molecule has 0 spiro atoms. The highest BCUT2D eigenvalue weighted by Gasteiger charge is 2.38. The van der Waals surface area contributed by atoms with Gasteiger partial charge in [0.1, 0.15) is 5.69 Å². The van der Waals surface area contributed by atoms with Crippen molar-refractivity contribution < 1.29 is 4.79 Å². The van der Waals surface area contributed by atoms with Crippen LogP contribution in [0.1, 0.15) is 44.7 Å². The molecule has 1 aromatic heterocycles. The molecule has 1 fully saturated rings. The van der Waals surface area contributed by atoms with Crippen LogP contribution in [0.25, 0.3) is 0 Å².